The molecule has 10 heteroatoms. The Labute approximate surface area is 232 Å². The van der Waals surface area contributed by atoms with E-state index >= 15 is 0 Å². The van der Waals surface area contributed by atoms with Crippen molar-refractivity contribution in [1.82, 2.24) is 4.98 Å². The molecule has 0 spiro atoms. The van der Waals surface area contributed by atoms with Crippen molar-refractivity contribution in [1.29, 1.82) is 0 Å². The van der Waals surface area contributed by atoms with Crippen LogP contribution in [0.25, 0.3) is 0 Å². The van der Waals surface area contributed by atoms with E-state index in [1.54, 1.807) is 36.4 Å². The van der Waals surface area contributed by atoms with Crippen LogP contribution in [-0.2, 0) is 14.4 Å². The highest BCUT2D eigenvalue weighted by Gasteiger charge is 2.56. The zero-order valence-corrected chi connectivity index (χ0v) is 22.4. The monoisotopic (exact) mass is 557 g/mol. The molecule has 1 saturated heterocycles. The fraction of sp³-hybridized carbons (Fsp3) is 0.172. The number of amides is 3. The zero-order chi connectivity index (χ0) is 27.1. The van der Waals surface area contributed by atoms with Gasteiger partial charge in [0.15, 0.2) is 6.61 Å². The van der Waals surface area contributed by atoms with Gasteiger partial charge in [-0.25, -0.2) is 4.90 Å². The van der Waals surface area contributed by atoms with Crippen molar-refractivity contribution in [2.75, 3.05) is 16.8 Å². The fourth-order valence-electron chi connectivity index (χ4n) is 4.96. The molecule has 39 heavy (non-hydrogen) atoms. The number of hydrogen-bond acceptors (Lipinski definition) is 7. The van der Waals surface area contributed by atoms with Crippen molar-refractivity contribution < 1.29 is 19.1 Å². The molecular formula is C29H23N3O5S2. The molecule has 0 saturated carbocycles. The Morgan fingerprint density at radius 3 is 2.38 bits per heavy atom. The molecule has 2 aliphatic heterocycles. The van der Waals surface area contributed by atoms with Crippen LogP contribution in [0.4, 0.5) is 11.4 Å². The van der Waals surface area contributed by atoms with E-state index in [1.165, 1.54) is 16.7 Å². The number of fused-ring (bicyclic) bond motifs is 2. The molecule has 1 fully saturated rings. The van der Waals surface area contributed by atoms with Gasteiger partial charge in [-0.3, -0.25) is 19.2 Å². The smallest absolute Gasteiger partial charge is 0.305 e. The average Bonchev–Trinajstić information content (AvgIpc) is 3.43. The number of anilines is 2. The maximum atomic E-state index is 13.7. The predicted octanol–water partition coefficient (Wildman–Crippen LogP) is 4.56. The Balaban J connectivity index is 1.24. The minimum atomic E-state index is -0.659. The maximum Gasteiger partial charge on any atom is 0.305 e. The summed E-state index contributed by atoms with van der Waals surface area (Å²) in [5, 5.41) is 2.77. The Morgan fingerprint density at radius 1 is 0.949 bits per heavy atom. The number of imide groups is 1. The van der Waals surface area contributed by atoms with Crippen molar-refractivity contribution in [3.05, 3.63) is 105 Å². The fourth-order valence-corrected chi connectivity index (χ4v) is 7.48. The number of nitrogens with one attached hydrogen (secondary N) is 2. The number of benzene rings is 3. The van der Waals surface area contributed by atoms with Crippen molar-refractivity contribution in [3.63, 3.8) is 0 Å². The largest absolute Gasteiger partial charge is 0.484 e. The molecule has 2 N–H and O–H groups in total. The van der Waals surface area contributed by atoms with Crippen molar-refractivity contribution in [2.24, 2.45) is 5.92 Å². The summed E-state index contributed by atoms with van der Waals surface area (Å²) in [6.07, 6.45) is 0. The van der Waals surface area contributed by atoms with Gasteiger partial charge < -0.3 is 15.0 Å². The number of carbonyl (C=O) groups is 3. The summed E-state index contributed by atoms with van der Waals surface area (Å²) >= 11 is 2.31. The van der Waals surface area contributed by atoms with Gasteiger partial charge in [-0.15, -0.1) is 0 Å². The molecule has 3 atom stereocenters. The Hall–Kier alpha value is -4.15. The molecule has 2 aliphatic rings. The number of aromatic amines is 1. The van der Waals surface area contributed by atoms with Crippen LogP contribution in [-0.4, -0.2) is 34.6 Å². The molecule has 4 aromatic rings. The number of para-hydroxylation sites is 1. The lowest BCUT2D eigenvalue weighted by Gasteiger charge is -2.29. The number of ether oxygens (including phenoxy) is 1. The molecule has 0 bridgehead atoms. The van der Waals surface area contributed by atoms with E-state index in [9.17, 15) is 19.2 Å². The third-order valence-corrected chi connectivity index (χ3v) is 9.18. The second-order valence-electron chi connectivity index (χ2n) is 9.37. The number of thiazole rings is 1. The Kier molecular flexibility index (Phi) is 6.58. The van der Waals surface area contributed by atoms with Gasteiger partial charge in [-0.05, 0) is 48.9 Å². The van der Waals surface area contributed by atoms with Crippen LogP contribution in [0.1, 0.15) is 21.9 Å². The van der Waals surface area contributed by atoms with Crippen LogP contribution in [0.2, 0.25) is 0 Å². The zero-order valence-electron chi connectivity index (χ0n) is 20.7. The van der Waals surface area contributed by atoms with Gasteiger partial charge in [0.1, 0.15) is 11.0 Å². The SMILES string of the molecule is Cc1ccc(NC(=O)COc2ccc([C@H]3c4sc(=O)[nH]c4SC4C(=O)N(c5ccccc5)C(=O)C43)cc2)cc1. The summed E-state index contributed by atoms with van der Waals surface area (Å²) in [6, 6.07) is 23.5. The second kappa shape index (κ2) is 10.2. The second-order valence-corrected chi connectivity index (χ2v) is 11.5. The van der Waals surface area contributed by atoms with E-state index in [-0.39, 0.29) is 29.2 Å². The van der Waals surface area contributed by atoms with Crippen LogP contribution in [0, 0.1) is 12.8 Å². The topological polar surface area (TPSA) is 109 Å². The molecule has 0 aliphatic carbocycles. The van der Waals surface area contributed by atoms with E-state index in [2.05, 4.69) is 10.3 Å². The minimum absolute atomic E-state index is 0.166. The summed E-state index contributed by atoms with van der Waals surface area (Å²) in [5.41, 5.74) is 3.11. The first-order valence-corrected chi connectivity index (χ1v) is 14.0. The number of aryl methyl sites for hydroxylation is 1. The third-order valence-electron chi connectivity index (χ3n) is 6.78. The van der Waals surface area contributed by atoms with Crippen LogP contribution in [0.5, 0.6) is 5.75 Å². The number of rotatable bonds is 6. The third kappa shape index (κ3) is 4.77. The van der Waals surface area contributed by atoms with Gasteiger partial charge in [0, 0.05) is 16.5 Å². The van der Waals surface area contributed by atoms with E-state index in [4.69, 9.17) is 4.74 Å². The van der Waals surface area contributed by atoms with Crippen molar-refractivity contribution in [3.8, 4) is 5.75 Å². The summed E-state index contributed by atoms with van der Waals surface area (Å²) in [6.45, 7) is 1.81. The quantitative estimate of drug-likeness (QED) is 0.337. The molecule has 3 amide bonds. The lowest BCUT2D eigenvalue weighted by molar-refractivity contribution is -0.122. The van der Waals surface area contributed by atoms with E-state index in [0.29, 0.717) is 22.2 Å². The van der Waals surface area contributed by atoms with Crippen LogP contribution in [0.15, 0.2) is 88.7 Å². The molecule has 1 aromatic heterocycles. The van der Waals surface area contributed by atoms with Crippen LogP contribution in [0.3, 0.4) is 0 Å². The molecule has 196 valence electrons. The first kappa shape index (κ1) is 25.1. The highest BCUT2D eigenvalue weighted by molar-refractivity contribution is 8.00. The standard InChI is InChI=1S/C29H23N3O5S2/c1-16-7-11-18(12-8-16)30-21(33)15-37-20-13-9-17(10-14-20)22-23-25(38-26-24(22)39-29(36)31-26)28(35)32(27(23)34)19-5-3-2-4-6-19/h2-14,22-23,25H,15H2,1H3,(H,30,33)(H,31,36)/t22-,23?,25?/m1/s1. The Morgan fingerprint density at radius 2 is 1.67 bits per heavy atom. The highest BCUT2D eigenvalue weighted by atomic mass is 32.2. The number of carbonyl (C=O) groups excluding carboxylic acids is 3. The number of aromatic nitrogens is 1. The van der Waals surface area contributed by atoms with Gasteiger partial charge in [0.2, 0.25) is 11.8 Å². The molecule has 6 rings (SSSR count). The number of hydrogen-bond donors (Lipinski definition) is 2. The van der Waals surface area contributed by atoms with Gasteiger partial charge in [-0.2, -0.15) is 0 Å². The van der Waals surface area contributed by atoms with Crippen molar-refractivity contribution >= 4 is 52.2 Å². The number of nitrogens with zero attached hydrogens (tertiary/aromatic N) is 1. The molecular weight excluding hydrogens is 534 g/mol. The molecule has 3 heterocycles. The first-order valence-electron chi connectivity index (χ1n) is 12.3. The van der Waals surface area contributed by atoms with Gasteiger partial charge >= 0.3 is 4.87 Å². The first-order chi connectivity index (χ1) is 18.9. The van der Waals surface area contributed by atoms with Gasteiger partial charge in [0.25, 0.3) is 5.91 Å². The van der Waals surface area contributed by atoms with Gasteiger partial charge in [-0.1, -0.05) is 71.1 Å². The summed E-state index contributed by atoms with van der Waals surface area (Å²) in [4.78, 5) is 56.3. The van der Waals surface area contributed by atoms with E-state index in [1.807, 2.05) is 49.4 Å². The lowest BCUT2D eigenvalue weighted by atomic mass is 9.83. The van der Waals surface area contributed by atoms with Gasteiger partial charge in [0.05, 0.1) is 16.6 Å². The predicted molar refractivity (Wildman–Crippen MR) is 151 cm³/mol. The van der Waals surface area contributed by atoms with E-state index < -0.39 is 17.1 Å². The molecule has 3 aromatic carbocycles. The summed E-state index contributed by atoms with van der Waals surface area (Å²) in [5.74, 6) is -1.50. The number of H-pyrrole nitrogens is 1. The highest BCUT2D eigenvalue weighted by Crippen LogP contribution is 2.53. The molecule has 8 nitrogen and oxygen atoms in total. The average molecular weight is 558 g/mol. The summed E-state index contributed by atoms with van der Waals surface area (Å²) < 4.78 is 5.68. The van der Waals surface area contributed by atoms with Crippen LogP contribution < -0.4 is 19.8 Å². The Bertz CT molecular complexity index is 1610. The van der Waals surface area contributed by atoms with Crippen molar-refractivity contribution in [2.45, 2.75) is 23.1 Å². The van der Waals surface area contributed by atoms with E-state index in [0.717, 1.165) is 27.3 Å². The lowest BCUT2D eigenvalue weighted by Crippen LogP contribution is -2.32. The normalized spacial score (nSPS) is 19.9. The summed E-state index contributed by atoms with van der Waals surface area (Å²) in [7, 11) is 0. The van der Waals surface area contributed by atoms with Crippen LogP contribution >= 0.6 is 23.1 Å². The number of thioether (sulfide) groups is 1. The maximum absolute atomic E-state index is 13.7. The molecule has 2 unspecified atom stereocenters. The minimum Gasteiger partial charge on any atom is -0.484 e. The molecule has 0 radical (unpaired) electrons.